The zero-order valence-electron chi connectivity index (χ0n) is 27.4. The molecule has 1 fully saturated rings. The van der Waals surface area contributed by atoms with Crippen LogP contribution in [-0.2, 0) is 4.74 Å². The number of nitrogens with zero attached hydrogens (tertiary/aromatic N) is 4. The summed E-state index contributed by atoms with van der Waals surface area (Å²) >= 11 is 0. The number of nitrogens with one attached hydrogen (secondary N) is 3. The molecule has 1 amide bonds. The van der Waals surface area contributed by atoms with Crippen LogP contribution in [0.4, 0.5) is 15.8 Å². The van der Waals surface area contributed by atoms with E-state index in [0.717, 1.165) is 45.4 Å². The number of aromatic nitrogens is 2. The molecule has 0 aliphatic carbocycles. The molecule has 1 aliphatic rings. The number of benzene rings is 3. The number of ether oxygens (including phenoxy) is 1. The molecule has 0 saturated carbocycles. The van der Waals surface area contributed by atoms with Crippen molar-refractivity contribution in [3.8, 4) is 0 Å². The van der Waals surface area contributed by atoms with Gasteiger partial charge in [0.2, 0.25) is 5.43 Å². The van der Waals surface area contributed by atoms with Crippen LogP contribution in [-0.4, -0.2) is 91.7 Å². The van der Waals surface area contributed by atoms with Gasteiger partial charge in [0, 0.05) is 50.6 Å². The molecular weight excluding hydrogens is 633 g/mol. The summed E-state index contributed by atoms with van der Waals surface area (Å²) in [4.78, 5) is 46.1. The molecule has 49 heavy (non-hydrogen) atoms. The van der Waals surface area contributed by atoms with E-state index in [1.54, 1.807) is 28.7 Å². The standard InChI is InChI=1S/C35H38FN7O6/c1-41(2)10-4-3-8-38-35(45)23-20-43-27-19-29-26(39-25-7-6-21(40-46)16-28(25)48-29)18-30(27)49-34-31(24(36)17-22(32(34)43)33(23)44)37-9-5-11-42-12-14-47-15-13-42/h6-7,16-20,37,39H,3-5,8-15H2,1-2H3,(H,38,45). The van der Waals surface area contributed by atoms with Crippen LogP contribution in [0.25, 0.3) is 49.8 Å². The SMILES string of the molecule is CN(C)CCCCNC(=O)c1cn2c3cc4oc5cc(N=O)ccc5[nH]c4cc3oc3c(NCCCN4CCOCC4)c(F)cc(c1=O)c32. The van der Waals surface area contributed by atoms with Gasteiger partial charge in [0.05, 0.1) is 35.2 Å². The minimum Gasteiger partial charge on any atom is -0.453 e. The van der Waals surface area contributed by atoms with Crippen LogP contribution in [0.2, 0.25) is 0 Å². The molecule has 1 saturated heterocycles. The maximum atomic E-state index is 16.0. The molecule has 0 unspecified atom stereocenters. The van der Waals surface area contributed by atoms with Crippen molar-refractivity contribution in [1.82, 2.24) is 24.5 Å². The third-order valence-electron chi connectivity index (χ3n) is 8.91. The zero-order valence-corrected chi connectivity index (χ0v) is 27.4. The average Bonchev–Trinajstić information content (AvgIpc) is 3.10. The number of unbranched alkanes of at least 4 members (excludes halogenated alkanes) is 1. The number of hydrogen-bond acceptors (Lipinski definition) is 10. The third-order valence-corrected chi connectivity index (χ3v) is 8.91. The van der Waals surface area contributed by atoms with Gasteiger partial charge in [-0.25, -0.2) is 4.39 Å². The molecule has 6 aromatic rings. The Kier molecular flexibility index (Phi) is 9.17. The van der Waals surface area contributed by atoms with Crippen molar-refractivity contribution in [2.75, 3.05) is 71.9 Å². The van der Waals surface area contributed by atoms with Crippen molar-refractivity contribution in [2.24, 2.45) is 5.18 Å². The van der Waals surface area contributed by atoms with E-state index < -0.39 is 17.2 Å². The van der Waals surface area contributed by atoms with Gasteiger partial charge in [0.25, 0.3) is 5.91 Å². The Balaban J connectivity index is 1.35. The molecule has 3 aromatic heterocycles. The lowest BCUT2D eigenvalue weighted by Gasteiger charge is -2.26. The van der Waals surface area contributed by atoms with Crippen molar-refractivity contribution in [3.63, 3.8) is 0 Å². The Labute approximate surface area is 279 Å². The first-order valence-corrected chi connectivity index (χ1v) is 16.5. The number of aromatic amines is 1. The maximum Gasteiger partial charge on any atom is 0.256 e. The van der Waals surface area contributed by atoms with Crippen LogP contribution in [0.15, 0.2) is 61.4 Å². The second kappa shape index (κ2) is 13.8. The average molecular weight is 672 g/mol. The topological polar surface area (TPSA) is 150 Å². The summed E-state index contributed by atoms with van der Waals surface area (Å²) in [5, 5.41) is 9.09. The molecule has 0 spiro atoms. The van der Waals surface area contributed by atoms with Crippen molar-refractivity contribution < 1.29 is 22.8 Å². The number of rotatable bonds is 12. The van der Waals surface area contributed by atoms with E-state index in [-0.39, 0.29) is 27.9 Å². The molecule has 4 heterocycles. The van der Waals surface area contributed by atoms with E-state index in [1.807, 2.05) is 14.1 Å². The van der Waals surface area contributed by atoms with Gasteiger partial charge in [-0.15, -0.1) is 4.91 Å². The van der Waals surface area contributed by atoms with Gasteiger partial charge in [-0.2, -0.15) is 0 Å². The molecule has 0 radical (unpaired) electrons. The van der Waals surface area contributed by atoms with Crippen molar-refractivity contribution in [2.45, 2.75) is 19.3 Å². The molecule has 13 nitrogen and oxygen atoms in total. The molecule has 256 valence electrons. The molecular formula is C35H38FN7O6. The maximum absolute atomic E-state index is 16.0. The minimum atomic E-state index is -0.657. The number of amides is 1. The van der Waals surface area contributed by atoms with Crippen molar-refractivity contribution >= 4 is 67.1 Å². The molecule has 0 atom stereocenters. The van der Waals surface area contributed by atoms with Crippen LogP contribution >= 0.6 is 0 Å². The fraction of sp³-hybridized carbons (Fsp3) is 0.371. The van der Waals surface area contributed by atoms with Gasteiger partial charge in [-0.1, -0.05) is 0 Å². The third kappa shape index (κ3) is 6.54. The Morgan fingerprint density at radius 1 is 1.00 bits per heavy atom. The lowest BCUT2D eigenvalue weighted by Crippen LogP contribution is -2.37. The van der Waals surface area contributed by atoms with E-state index in [1.165, 1.54) is 18.3 Å². The highest BCUT2D eigenvalue weighted by atomic mass is 19.1. The van der Waals surface area contributed by atoms with Crippen molar-refractivity contribution in [1.29, 1.82) is 0 Å². The van der Waals surface area contributed by atoms with Crippen LogP contribution < -0.4 is 16.1 Å². The minimum absolute atomic E-state index is 0.0149. The van der Waals surface area contributed by atoms with Gasteiger partial charge in [-0.05, 0) is 69.8 Å². The van der Waals surface area contributed by atoms with E-state index in [4.69, 9.17) is 13.6 Å². The fourth-order valence-electron chi connectivity index (χ4n) is 6.36. The Hall–Kier alpha value is -5.05. The highest BCUT2D eigenvalue weighted by molar-refractivity contribution is 6.07. The highest BCUT2D eigenvalue weighted by Gasteiger charge is 2.23. The Morgan fingerprint density at radius 3 is 2.61 bits per heavy atom. The first-order chi connectivity index (χ1) is 23.8. The van der Waals surface area contributed by atoms with Crippen molar-refractivity contribution in [3.05, 3.63) is 69.1 Å². The lowest BCUT2D eigenvalue weighted by molar-refractivity contribution is 0.0378. The molecule has 3 aromatic carbocycles. The largest absolute Gasteiger partial charge is 0.453 e. The van der Waals surface area contributed by atoms with E-state index >= 15 is 4.39 Å². The molecule has 14 heteroatoms. The van der Waals surface area contributed by atoms with E-state index in [2.05, 4.69) is 30.6 Å². The number of nitroso groups, excluding NO2 is 1. The summed E-state index contributed by atoms with van der Waals surface area (Å²) in [5.74, 6) is -1.20. The first kappa shape index (κ1) is 32.5. The lowest BCUT2D eigenvalue weighted by atomic mass is 10.1. The number of anilines is 1. The number of halogens is 1. The summed E-state index contributed by atoms with van der Waals surface area (Å²) in [6.07, 6.45) is 3.85. The molecule has 3 N–H and O–H groups in total. The second-order valence-corrected chi connectivity index (χ2v) is 12.6. The highest BCUT2D eigenvalue weighted by Crippen LogP contribution is 2.35. The number of hydrogen-bond donors (Lipinski definition) is 3. The number of fused-ring (bicyclic) bond motifs is 4. The molecule has 1 aliphatic heterocycles. The summed E-state index contributed by atoms with van der Waals surface area (Å²) < 4.78 is 35.7. The summed E-state index contributed by atoms with van der Waals surface area (Å²) in [6.45, 7) is 5.67. The van der Waals surface area contributed by atoms with Gasteiger partial charge in [0.15, 0.2) is 28.1 Å². The Morgan fingerprint density at radius 2 is 1.82 bits per heavy atom. The zero-order chi connectivity index (χ0) is 34.1. The van der Waals surface area contributed by atoms with E-state index in [9.17, 15) is 14.5 Å². The van der Waals surface area contributed by atoms with E-state index in [0.29, 0.717) is 65.1 Å². The number of carbonyl (C=O) groups is 1. The van der Waals surface area contributed by atoms with Crippen LogP contribution in [0.1, 0.15) is 29.6 Å². The second-order valence-electron chi connectivity index (χ2n) is 12.6. The van der Waals surface area contributed by atoms with Crippen LogP contribution in [0.3, 0.4) is 0 Å². The molecule has 7 rings (SSSR count). The first-order valence-electron chi connectivity index (χ1n) is 16.5. The Bertz CT molecular complexity index is 2280. The molecule has 0 bridgehead atoms. The summed E-state index contributed by atoms with van der Waals surface area (Å²) in [5.41, 5.74) is 2.98. The predicted molar refractivity (Wildman–Crippen MR) is 187 cm³/mol. The normalized spacial score (nSPS) is 14.1. The smallest absolute Gasteiger partial charge is 0.256 e. The van der Waals surface area contributed by atoms with Crippen LogP contribution in [0.5, 0.6) is 0 Å². The van der Waals surface area contributed by atoms with Crippen LogP contribution in [0, 0.1) is 10.7 Å². The van der Waals surface area contributed by atoms with Gasteiger partial charge < -0.3 is 38.5 Å². The summed E-state index contributed by atoms with van der Waals surface area (Å²) in [7, 11) is 3.97. The number of morpholine rings is 1. The number of H-pyrrole nitrogens is 1. The number of carbonyl (C=O) groups excluding carboxylic acids is 1. The van der Waals surface area contributed by atoms with Gasteiger partial charge in [-0.3, -0.25) is 14.5 Å². The monoisotopic (exact) mass is 671 g/mol. The fourth-order valence-corrected chi connectivity index (χ4v) is 6.36. The number of pyridine rings is 1. The predicted octanol–water partition coefficient (Wildman–Crippen LogP) is 5.73. The van der Waals surface area contributed by atoms with Gasteiger partial charge >= 0.3 is 0 Å². The summed E-state index contributed by atoms with van der Waals surface area (Å²) in [6, 6.07) is 9.41. The quantitative estimate of drug-likeness (QED) is 0.0642. The van der Waals surface area contributed by atoms with Gasteiger partial charge in [0.1, 0.15) is 22.5 Å².